The standard InChI is InChI=1S/C24H29NO9/c1-16(27)34-21(20(29)12-11-19(28)10-6-7-13-26)22(32-2)23(30)25-18(15-33-24(25)31)14-17-8-4-3-5-9-17/h3-5,8-9,11-12,18,21-22,26H,6-7,10,13-15H2,1-2H3/t18-,21+,22-/m0/s1. The average molecular weight is 475 g/mol. The fourth-order valence-corrected chi connectivity index (χ4v) is 3.47. The number of carbonyl (C=O) groups excluding carboxylic acids is 5. The van der Waals surface area contributed by atoms with Gasteiger partial charge in [0.25, 0.3) is 5.91 Å². The molecule has 0 unspecified atom stereocenters. The molecule has 0 spiro atoms. The molecule has 0 bridgehead atoms. The van der Waals surface area contributed by atoms with Crippen LogP contribution in [-0.4, -0.2) is 78.1 Å². The van der Waals surface area contributed by atoms with Crippen LogP contribution in [0.1, 0.15) is 31.7 Å². The Balaban J connectivity index is 2.20. The summed E-state index contributed by atoms with van der Waals surface area (Å²) in [6.45, 7) is 0.972. The fraction of sp³-hybridized carbons (Fsp3) is 0.458. The number of aliphatic hydroxyl groups excluding tert-OH is 1. The Hall–Kier alpha value is -3.37. The molecule has 0 aliphatic carbocycles. The minimum absolute atomic E-state index is 0.0374. The molecule has 0 saturated carbocycles. The van der Waals surface area contributed by atoms with Gasteiger partial charge in [0.05, 0.1) is 6.04 Å². The van der Waals surface area contributed by atoms with Crippen LogP contribution in [0.4, 0.5) is 4.79 Å². The number of esters is 1. The number of benzene rings is 1. The van der Waals surface area contributed by atoms with Gasteiger partial charge in [-0.3, -0.25) is 19.2 Å². The lowest BCUT2D eigenvalue weighted by Gasteiger charge is -2.27. The number of ether oxygens (including phenoxy) is 3. The summed E-state index contributed by atoms with van der Waals surface area (Å²) in [4.78, 5) is 62.8. The molecule has 1 aliphatic heterocycles. The number of aliphatic hydroxyl groups is 1. The van der Waals surface area contributed by atoms with Crippen molar-refractivity contribution in [2.75, 3.05) is 20.3 Å². The summed E-state index contributed by atoms with van der Waals surface area (Å²) in [6.07, 6.45) is -0.957. The van der Waals surface area contributed by atoms with E-state index >= 15 is 0 Å². The first kappa shape index (κ1) is 26.9. The predicted molar refractivity (Wildman–Crippen MR) is 119 cm³/mol. The lowest BCUT2D eigenvalue weighted by Crippen LogP contribution is -2.53. The first-order valence-electron chi connectivity index (χ1n) is 10.9. The zero-order valence-corrected chi connectivity index (χ0v) is 19.2. The van der Waals surface area contributed by atoms with E-state index in [1.807, 2.05) is 30.3 Å². The molecule has 1 fully saturated rings. The van der Waals surface area contributed by atoms with Crippen LogP contribution in [0.2, 0.25) is 0 Å². The van der Waals surface area contributed by atoms with Gasteiger partial charge in [-0.1, -0.05) is 30.3 Å². The van der Waals surface area contributed by atoms with Crippen LogP contribution in [0.3, 0.4) is 0 Å². The van der Waals surface area contributed by atoms with E-state index in [1.165, 1.54) is 0 Å². The van der Waals surface area contributed by atoms with Gasteiger partial charge in [-0.15, -0.1) is 0 Å². The minimum atomic E-state index is -1.71. The molecule has 1 aliphatic rings. The van der Waals surface area contributed by atoms with Crippen molar-refractivity contribution >= 4 is 29.5 Å². The van der Waals surface area contributed by atoms with Crippen LogP contribution in [-0.2, 0) is 39.8 Å². The molecular weight excluding hydrogens is 446 g/mol. The predicted octanol–water partition coefficient (Wildman–Crippen LogP) is 1.38. The highest BCUT2D eigenvalue weighted by molar-refractivity contribution is 6.05. The fourth-order valence-electron chi connectivity index (χ4n) is 3.47. The summed E-state index contributed by atoms with van der Waals surface area (Å²) in [5.41, 5.74) is 0.868. The lowest BCUT2D eigenvalue weighted by molar-refractivity contribution is -0.166. The molecule has 0 aromatic heterocycles. The highest BCUT2D eigenvalue weighted by Gasteiger charge is 2.45. The number of ketones is 2. The molecule has 2 amide bonds. The van der Waals surface area contributed by atoms with E-state index in [-0.39, 0.29) is 25.4 Å². The van der Waals surface area contributed by atoms with Gasteiger partial charge in [0, 0.05) is 27.1 Å². The van der Waals surface area contributed by atoms with Gasteiger partial charge in [-0.2, -0.15) is 0 Å². The first-order valence-corrected chi connectivity index (χ1v) is 10.9. The Morgan fingerprint density at radius 2 is 1.85 bits per heavy atom. The van der Waals surface area contributed by atoms with Crippen molar-refractivity contribution in [3.05, 3.63) is 48.0 Å². The summed E-state index contributed by atoms with van der Waals surface area (Å²) in [5.74, 6) is -2.96. The van der Waals surface area contributed by atoms with Crippen molar-refractivity contribution in [1.82, 2.24) is 4.90 Å². The number of carbonyl (C=O) groups is 5. The summed E-state index contributed by atoms with van der Waals surface area (Å²) in [6, 6.07) is 8.52. The van der Waals surface area contributed by atoms with Gasteiger partial charge in [-0.05, 0) is 37.0 Å². The number of hydrogen-bond acceptors (Lipinski definition) is 9. The molecule has 1 saturated heterocycles. The number of rotatable bonds is 13. The van der Waals surface area contributed by atoms with Gasteiger partial charge in [0.15, 0.2) is 23.8 Å². The van der Waals surface area contributed by atoms with Crippen molar-refractivity contribution in [2.45, 2.75) is 50.9 Å². The Bertz CT molecular complexity index is 912. The minimum Gasteiger partial charge on any atom is -0.451 e. The molecule has 2 rings (SSSR count). The maximum Gasteiger partial charge on any atom is 0.417 e. The highest BCUT2D eigenvalue weighted by atomic mass is 16.6. The Labute approximate surface area is 197 Å². The molecule has 34 heavy (non-hydrogen) atoms. The number of allylic oxidation sites excluding steroid dienone is 1. The van der Waals surface area contributed by atoms with Crippen LogP contribution in [0.5, 0.6) is 0 Å². The van der Waals surface area contributed by atoms with E-state index < -0.39 is 42.0 Å². The van der Waals surface area contributed by atoms with Crippen LogP contribution in [0.25, 0.3) is 0 Å². The van der Waals surface area contributed by atoms with Gasteiger partial charge in [-0.25, -0.2) is 9.69 Å². The molecule has 10 nitrogen and oxygen atoms in total. The second-order valence-corrected chi connectivity index (χ2v) is 7.70. The van der Waals surface area contributed by atoms with Crippen LogP contribution in [0, 0.1) is 0 Å². The molecule has 1 heterocycles. The third kappa shape index (κ3) is 7.60. The van der Waals surface area contributed by atoms with Crippen LogP contribution < -0.4 is 0 Å². The zero-order valence-electron chi connectivity index (χ0n) is 19.2. The van der Waals surface area contributed by atoms with E-state index in [0.717, 1.165) is 36.6 Å². The monoisotopic (exact) mass is 475 g/mol. The largest absolute Gasteiger partial charge is 0.451 e. The summed E-state index contributed by atoms with van der Waals surface area (Å²) >= 11 is 0. The number of amides is 2. The molecule has 184 valence electrons. The van der Waals surface area contributed by atoms with Crippen molar-refractivity contribution in [1.29, 1.82) is 0 Å². The highest BCUT2D eigenvalue weighted by Crippen LogP contribution is 2.21. The van der Waals surface area contributed by atoms with E-state index in [1.54, 1.807) is 0 Å². The number of methoxy groups -OCH3 is 1. The van der Waals surface area contributed by atoms with Gasteiger partial charge in [0.1, 0.15) is 6.61 Å². The summed E-state index contributed by atoms with van der Waals surface area (Å²) < 4.78 is 15.3. The molecule has 1 aromatic carbocycles. The zero-order chi connectivity index (χ0) is 25.1. The number of nitrogens with zero attached hydrogens (tertiary/aromatic N) is 1. The maximum atomic E-state index is 13.3. The quantitative estimate of drug-likeness (QED) is 0.255. The molecule has 1 N–H and O–H groups in total. The normalized spacial score (nSPS) is 17.3. The lowest BCUT2D eigenvalue weighted by atomic mass is 10.0. The van der Waals surface area contributed by atoms with E-state index in [2.05, 4.69) is 0 Å². The number of imide groups is 1. The third-order valence-electron chi connectivity index (χ3n) is 5.12. The van der Waals surface area contributed by atoms with Crippen molar-refractivity contribution in [2.24, 2.45) is 0 Å². The van der Waals surface area contributed by atoms with Gasteiger partial charge < -0.3 is 19.3 Å². The number of cyclic esters (lactones) is 1. The van der Waals surface area contributed by atoms with Crippen LogP contribution in [0.15, 0.2) is 42.5 Å². The molecule has 1 aromatic rings. The van der Waals surface area contributed by atoms with Crippen molar-refractivity contribution < 1.29 is 43.3 Å². The van der Waals surface area contributed by atoms with E-state index in [0.29, 0.717) is 19.3 Å². The SMILES string of the molecule is CO[C@H](C(=O)N1C(=O)OC[C@@H]1Cc1ccccc1)[C@H](OC(C)=O)C(=O)C=CC(=O)CCCCO. The Morgan fingerprint density at radius 1 is 1.15 bits per heavy atom. The smallest absolute Gasteiger partial charge is 0.417 e. The number of unbranched alkanes of at least 4 members (excludes halogenated alkanes) is 1. The van der Waals surface area contributed by atoms with E-state index in [4.69, 9.17) is 19.3 Å². The van der Waals surface area contributed by atoms with Gasteiger partial charge >= 0.3 is 12.1 Å². The second kappa shape index (κ2) is 13.4. The van der Waals surface area contributed by atoms with E-state index in [9.17, 15) is 24.0 Å². The second-order valence-electron chi connectivity index (χ2n) is 7.70. The maximum absolute atomic E-state index is 13.3. The van der Waals surface area contributed by atoms with Crippen LogP contribution >= 0.6 is 0 Å². The molecule has 0 radical (unpaired) electrons. The van der Waals surface area contributed by atoms with Crippen molar-refractivity contribution in [3.63, 3.8) is 0 Å². The Kier molecular flexibility index (Phi) is 10.6. The molecular formula is C24H29NO9. The third-order valence-corrected chi connectivity index (χ3v) is 5.12. The topological polar surface area (TPSA) is 137 Å². The Morgan fingerprint density at radius 3 is 2.47 bits per heavy atom. The number of hydrogen-bond donors (Lipinski definition) is 1. The first-order chi connectivity index (χ1) is 16.3. The average Bonchev–Trinajstić information content (AvgIpc) is 3.17. The molecule has 10 heteroatoms. The van der Waals surface area contributed by atoms with Crippen molar-refractivity contribution in [3.8, 4) is 0 Å². The summed E-state index contributed by atoms with van der Waals surface area (Å²) in [5, 5.41) is 8.79. The molecule has 3 atom stereocenters. The van der Waals surface area contributed by atoms with Gasteiger partial charge in [0.2, 0.25) is 0 Å². The summed E-state index contributed by atoms with van der Waals surface area (Å²) in [7, 11) is 1.14.